The van der Waals surface area contributed by atoms with Gasteiger partial charge in [-0.3, -0.25) is 0 Å². The van der Waals surface area contributed by atoms with Gasteiger partial charge in [0.1, 0.15) is 5.75 Å². The lowest BCUT2D eigenvalue weighted by molar-refractivity contribution is 0.457. The van der Waals surface area contributed by atoms with Gasteiger partial charge in [0.25, 0.3) is 0 Å². The molecule has 0 unspecified atom stereocenters. The van der Waals surface area contributed by atoms with E-state index in [1.165, 1.54) is 0 Å². The van der Waals surface area contributed by atoms with Crippen LogP contribution in [0, 0.1) is 0 Å². The van der Waals surface area contributed by atoms with Crippen LogP contribution in [0.1, 0.15) is 18.5 Å². The lowest BCUT2D eigenvalue weighted by Gasteiger charge is -2.12. The summed E-state index contributed by atoms with van der Waals surface area (Å²) in [6.07, 6.45) is 0. The standard InChI is InChI=1S/C9H12BrNO/c1-6(11-2)8-5-7(10)3-4-9(8)12/h3-6,11-12H,1-2H3/t6-/m0/s1. The Kier molecular flexibility index (Phi) is 3.12. The second-order valence-corrected chi connectivity index (χ2v) is 3.63. The first kappa shape index (κ1) is 9.55. The number of phenols is 1. The lowest BCUT2D eigenvalue weighted by Crippen LogP contribution is -2.12. The van der Waals surface area contributed by atoms with Crippen LogP contribution in [0.2, 0.25) is 0 Å². The topological polar surface area (TPSA) is 32.3 Å². The molecule has 2 N–H and O–H groups in total. The SMILES string of the molecule is CN[C@@H](C)c1cc(Br)ccc1O. The monoisotopic (exact) mass is 229 g/mol. The van der Waals surface area contributed by atoms with E-state index in [4.69, 9.17) is 0 Å². The van der Waals surface area contributed by atoms with Gasteiger partial charge in [-0.25, -0.2) is 0 Å². The molecule has 12 heavy (non-hydrogen) atoms. The summed E-state index contributed by atoms with van der Waals surface area (Å²) in [7, 11) is 1.87. The maximum atomic E-state index is 9.48. The molecule has 0 fully saturated rings. The van der Waals surface area contributed by atoms with Crippen molar-refractivity contribution in [2.75, 3.05) is 7.05 Å². The Bertz CT molecular complexity index is 275. The fourth-order valence-corrected chi connectivity index (χ4v) is 1.41. The van der Waals surface area contributed by atoms with Crippen molar-refractivity contribution in [3.05, 3.63) is 28.2 Å². The van der Waals surface area contributed by atoms with Gasteiger partial charge in [-0.1, -0.05) is 15.9 Å². The van der Waals surface area contributed by atoms with Crippen LogP contribution in [0.3, 0.4) is 0 Å². The van der Waals surface area contributed by atoms with Gasteiger partial charge in [-0.2, -0.15) is 0 Å². The van der Waals surface area contributed by atoms with Gasteiger partial charge in [0.15, 0.2) is 0 Å². The molecule has 0 spiro atoms. The molecule has 0 saturated carbocycles. The minimum Gasteiger partial charge on any atom is -0.508 e. The van der Waals surface area contributed by atoms with E-state index >= 15 is 0 Å². The zero-order valence-electron chi connectivity index (χ0n) is 7.13. The molecule has 1 atom stereocenters. The van der Waals surface area contributed by atoms with Crippen LogP contribution < -0.4 is 5.32 Å². The third kappa shape index (κ3) is 1.99. The summed E-state index contributed by atoms with van der Waals surface area (Å²) in [5, 5.41) is 12.5. The third-order valence-electron chi connectivity index (χ3n) is 1.89. The summed E-state index contributed by atoms with van der Waals surface area (Å²) in [6, 6.07) is 5.59. The van der Waals surface area contributed by atoms with E-state index in [2.05, 4.69) is 21.2 Å². The average molecular weight is 230 g/mol. The fourth-order valence-electron chi connectivity index (χ4n) is 1.03. The van der Waals surface area contributed by atoms with E-state index in [0.29, 0.717) is 5.75 Å². The second-order valence-electron chi connectivity index (χ2n) is 2.71. The maximum Gasteiger partial charge on any atom is 0.120 e. The maximum absolute atomic E-state index is 9.48. The minimum absolute atomic E-state index is 0.169. The number of halogens is 1. The molecule has 0 aromatic heterocycles. The molecule has 0 aliphatic heterocycles. The van der Waals surface area contributed by atoms with Crippen molar-refractivity contribution in [1.29, 1.82) is 0 Å². The Morgan fingerprint density at radius 2 is 2.17 bits per heavy atom. The van der Waals surface area contributed by atoms with E-state index in [-0.39, 0.29) is 6.04 Å². The Morgan fingerprint density at radius 3 is 2.75 bits per heavy atom. The van der Waals surface area contributed by atoms with Gasteiger partial charge in [0.2, 0.25) is 0 Å². The number of nitrogens with one attached hydrogen (secondary N) is 1. The second kappa shape index (κ2) is 3.92. The van der Waals surface area contributed by atoms with E-state index in [1.807, 2.05) is 26.1 Å². The molecule has 66 valence electrons. The van der Waals surface area contributed by atoms with Gasteiger partial charge in [0, 0.05) is 16.1 Å². The Hall–Kier alpha value is -0.540. The van der Waals surface area contributed by atoms with Crippen molar-refractivity contribution in [2.45, 2.75) is 13.0 Å². The van der Waals surface area contributed by atoms with Crippen molar-refractivity contribution < 1.29 is 5.11 Å². The van der Waals surface area contributed by atoms with Crippen molar-refractivity contribution >= 4 is 15.9 Å². The van der Waals surface area contributed by atoms with Gasteiger partial charge in [0.05, 0.1) is 0 Å². The number of benzene rings is 1. The first-order valence-electron chi connectivity index (χ1n) is 3.81. The van der Waals surface area contributed by atoms with Gasteiger partial charge in [-0.15, -0.1) is 0 Å². The summed E-state index contributed by atoms with van der Waals surface area (Å²) in [6.45, 7) is 2.00. The fraction of sp³-hybridized carbons (Fsp3) is 0.333. The highest BCUT2D eigenvalue weighted by atomic mass is 79.9. The van der Waals surface area contributed by atoms with Crippen LogP contribution in [-0.2, 0) is 0 Å². The lowest BCUT2D eigenvalue weighted by atomic mass is 10.1. The number of rotatable bonds is 2. The number of phenolic OH excluding ortho intramolecular Hbond substituents is 1. The zero-order chi connectivity index (χ0) is 9.14. The first-order chi connectivity index (χ1) is 5.65. The van der Waals surface area contributed by atoms with Crippen LogP contribution in [0.15, 0.2) is 22.7 Å². The summed E-state index contributed by atoms with van der Waals surface area (Å²) in [5.74, 6) is 0.333. The highest BCUT2D eigenvalue weighted by molar-refractivity contribution is 9.10. The predicted octanol–water partition coefficient (Wildman–Crippen LogP) is 2.44. The van der Waals surface area contributed by atoms with Crippen LogP contribution in [-0.4, -0.2) is 12.2 Å². The minimum atomic E-state index is 0.169. The number of aromatic hydroxyl groups is 1. The molecule has 0 heterocycles. The van der Waals surface area contributed by atoms with Crippen LogP contribution >= 0.6 is 15.9 Å². The normalized spacial score (nSPS) is 12.9. The van der Waals surface area contributed by atoms with Gasteiger partial charge < -0.3 is 10.4 Å². The van der Waals surface area contributed by atoms with E-state index in [1.54, 1.807) is 6.07 Å². The summed E-state index contributed by atoms with van der Waals surface area (Å²) < 4.78 is 0.984. The summed E-state index contributed by atoms with van der Waals surface area (Å²) >= 11 is 3.35. The summed E-state index contributed by atoms with van der Waals surface area (Å²) in [4.78, 5) is 0. The highest BCUT2D eigenvalue weighted by Crippen LogP contribution is 2.26. The zero-order valence-corrected chi connectivity index (χ0v) is 8.72. The van der Waals surface area contributed by atoms with Crippen molar-refractivity contribution in [3.63, 3.8) is 0 Å². The van der Waals surface area contributed by atoms with Crippen molar-refractivity contribution in [3.8, 4) is 5.75 Å². The molecular weight excluding hydrogens is 218 g/mol. The quantitative estimate of drug-likeness (QED) is 0.817. The number of hydrogen-bond acceptors (Lipinski definition) is 2. The Morgan fingerprint density at radius 1 is 1.50 bits per heavy atom. The Labute approximate surface area is 80.7 Å². The Balaban J connectivity index is 3.04. The van der Waals surface area contributed by atoms with Crippen LogP contribution in [0.5, 0.6) is 5.75 Å². The van der Waals surface area contributed by atoms with Gasteiger partial charge in [-0.05, 0) is 32.2 Å². The van der Waals surface area contributed by atoms with E-state index < -0.39 is 0 Å². The van der Waals surface area contributed by atoms with Crippen molar-refractivity contribution in [1.82, 2.24) is 5.32 Å². The average Bonchev–Trinajstić information content (AvgIpc) is 2.08. The van der Waals surface area contributed by atoms with Crippen LogP contribution in [0.25, 0.3) is 0 Å². The third-order valence-corrected chi connectivity index (χ3v) is 2.38. The summed E-state index contributed by atoms with van der Waals surface area (Å²) in [5.41, 5.74) is 0.909. The molecular formula is C9H12BrNO. The molecule has 0 amide bonds. The predicted molar refractivity (Wildman–Crippen MR) is 53.3 cm³/mol. The molecule has 1 aromatic rings. The highest BCUT2D eigenvalue weighted by Gasteiger charge is 2.07. The van der Waals surface area contributed by atoms with E-state index in [9.17, 15) is 5.11 Å². The van der Waals surface area contributed by atoms with Crippen molar-refractivity contribution in [2.24, 2.45) is 0 Å². The molecule has 0 saturated heterocycles. The molecule has 3 heteroatoms. The molecule has 2 nitrogen and oxygen atoms in total. The molecule has 0 bridgehead atoms. The van der Waals surface area contributed by atoms with Crippen LogP contribution in [0.4, 0.5) is 0 Å². The van der Waals surface area contributed by atoms with E-state index in [0.717, 1.165) is 10.0 Å². The largest absolute Gasteiger partial charge is 0.508 e. The molecule has 0 aliphatic rings. The number of hydrogen-bond donors (Lipinski definition) is 2. The molecule has 0 aliphatic carbocycles. The smallest absolute Gasteiger partial charge is 0.120 e. The molecule has 1 aromatic carbocycles. The first-order valence-corrected chi connectivity index (χ1v) is 4.60. The molecule has 1 rings (SSSR count). The molecule has 0 radical (unpaired) electrons. The van der Waals surface area contributed by atoms with Gasteiger partial charge >= 0.3 is 0 Å².